The molecule has 0 spiro atoms. The Hall–Kier alpha value is -3.32. The second-order valence-corrected chi connectivity index (χ2v) is 6.77. The molecule has 3 aromatic rings. The minimum absolute atomic E-state index is 0.0336. The van der Waals surface area contributed by atoms with Gasteiger partial charge in [-0.3, -0.25) is 14.5 Å². The SMILES string of the molecule is C[C@H](OC(=O)c1cc2cc(Cl)ccc2o1)C(=O)N1CC(=O)Nc2ccccc21. The molecule has 1 aliphatic heterocycles. The van der Waals surface area contributed by atoms with Crippen molar-refractivity contribution >= 4 is 51.7 Å². The first-order valence-corrected chi connectivity index (χ1v) is 8.90. The van der Waals surface area contributed by atoms with Gasteiger partial charge < -0.3 is 14.5 Å². The van der Waals surface area contributed by atoms with E-state index >= 15 is 0 Å². The molecule has 142 valence electrons. The van der Waals surface area contributed by atoms with E-state index in [1.165, 1.54) is 17.9 Å². The fourth-order valence-electron chi connectivity index (χ4n) is 3.03. The zero-order valence-electron chi connectivity index (χ0n) is 14.8. The molecule has 4 rings (SSSR count). The number of carbonyl (C=O) groups is 3. The molecule has 0 bridgehead atoms. The number of anilines is 2. The number of esters is 1. The van der Waals surface area contributed by atoms with E-state index in [4.69, 9.17) is 20.8 Å². The summed E-state index contributed by atoms with van der Waals surface area (Å²) in [5, 5.41) is 3.87. The van der Waals surface area contributed by atoms with Crippen molar-refractivity contribution < 1.29 is 23.5 Å². The molecular formula is C20H15ClN2O5. The maximum Gasteiger partial charge on any atom is 0.375 e. The van der Waals surface area contributed by atoms with Gasteiger partial charge in [0.05, 0.1) is 11.4 Å². The highest BCUT2D eigenvalue weighted by Gasteiger charge is 2.32. The predicted molar refractivity (Wildman–Crippen MR) is 104 cm³/mol. The monoisotopic (exact) mass is 398 g/mol. The van der Waals surface area contributed by atoms with Crippen LogP contribution in [0.3, 0.4) is 0 Å². The van der Waals surface area contributed by atoms with E-state index in [1.54, 1.807) is 42.5 Å². The van der Waals surface area contributed by atoms with Crippen LogP contribution in [-0.4, -0.2) is 30.4 Å². The number of benzene rings is 2. The molecule has 1 aliphatic rings. The second kappa shape index (κ2) is 7.01. The van der Waals surface area contributed by atoms with Crippen LogP contribution in [0.5, 0.6) is 0 Å². The first-order valence-electron chi connectivity index (χ1n) is 8.53. The summed E-state index contributed by atoms with van der Waals surface area (Å²) >= 11 is 5.93. The number of carbonyl (C=O) groups excluding carboxylic acids is 3. The van der Waals surface area contributed by atoms with Gasteiger partial charge in [-0.05, 0) is 43.3 Å². The molecular weight excluding hydrogens is 384 g/mol. The fraction of sp³-hybridized carbons (Fsp3) is 0.150. The van der Waals surface area contributed by atoms with Crippen molar-refractivity contribution in [3.63, 3.8) is 0 Å². The van der Waals surface area contributed by atoms with Gasteiger partial charge in [0.15, 0.2) is 6.10 Å². The third-order valence-electron chi connectivity index (χ3n) is 4.35. The van der Waals surface area contributed by atoms with Crippen LogP contribution in [0.15, 0.2) is 52.9 Å². The zero-order chi connectivity index (χ0) is 19.8. The van der Waals surface area contributed by atoms with Crippen molar-refractivity contribution in [2.24, 2.45) is 0 Å². The van der Waals surface area contributed by atoms with E-state index < -0.39 is 18.0 Å². The van der Waals surface area contributed by atoms with E-state index in [1.807, 2.05) is 0 Å². The molecule has 8 heteroatoms. The van der Waals surface area contributed by atoms with Gasteiger partial charge in [0.2, 0.25) is 11.7 Å². The molecule has 2 aromatic carbocycles. The molecule has 0 saturated heterocycles. The number of fused-ring (bicyclic) bond motifs is 2. The summed E-state index contributed by atoms with van der Waals surface area (Å²) in [5.41, 5.74) is 1.56. The van der Waals surface area contributed by atoms with Gasteiger partial charge in [0.1, 0.15) is 12.1 Å². The first-order chi connectivity index (χ1) is 13.4. The number of ether oxygens (including phenoxy) is 1. The van der Waals surface area contributed by atoms with E-state index in [0.717, 1.165) is 0 Å². The van der Waals surface area contributed by atoms with E-state index in [9.17, 15) is 14.4 Å². The normalized spacial score (nSPS) is 14.4. The molecule has 1 N–H and O–H groups in total. The second-order valence-electron chi connectivity index (χ2n) is 6.33. The summed E-state index contributed by atoms with van der Waals surface area (Å²) in [5.74, 6) is -1.63. The van der Waals surface area contributed by atoms with Gasteiger partial charge in [-0.2, -0.15) is 0 Å². The van der Waals surface area contributed by atoms with Crippen LogP contribution in [0, 0.1) is 0 Å². The molecule has 2 heterocycles. The molecule has 1 aromatic heterocycles. The van der Waals surface area contributed by atoms with Crippen molar-refractivity contribution in [2.45, 2.75) is 13.0 Å². The summed E-state index contributed by atoms with van der Waals surface area (Å²) in [7, 11) is 0. The molecule has 0 saturated carbocycles. The molecule has 0 radical (unpaired) electrons. The van der Waals surface area contributed by atoms with Crippen LogP contribution in [-0.2, 0) is 14.3 Å². The summed E-state index contributed by atoms with van der Waals surface area (Å²) in [6, 6.07) is 13.4. The number of hydrogen-bond acceptors (Lipinski definition) is 5. The van der Waals surface area contributed by atoms with Crippen molar-refractivity contribution in [1.82, 2.24) is 0 Å². The van der Waals surface area contributed by atoms with E-state index in [-0.39, 0.29) is 18.2 Å². The smallest absolute Gasteiger partial charge is 0.375 e. The zero-order valence-corrected chi connectivity index (χ0v) is 15.5. The maximum atomic E-state index is 12.8. The van der Waals surface area contributed by atoms with Gasteiger partial charge in [0, 0.05) is 10.4 Å². The first kappa shape index (κ1) is 18.1. The predicted octanol–water partition coefficient (Wildman–Crippen LogP) is 3.62. The number of amides is 2. The van der Waals surface area contributed by atoms with Crippen molar-refractivity contribution in [2.75, 3.05) is 16.8 Å². The van der Waals surface area contributed by atoms with Crippen molar-refractivity contribution in [3.8, 4) is 0 Å². The Morgan fingerprint density at radius 3 is 2.82 bits per heavy atom. The van der Waals surface area contributed by atoms with Crippen LogP contribution in [0.2, 0.25) is 5.02 Å². The Labute approximate surface area is 164 Å². The third-order valence-corrected chi connectivity index (χ3v) is 4.58. The van der Waals surface area contributed by atoms with Crippen LogP contribution in [0.25, 0.3) is 11.0 Å². The lowest BCUT2D eigenvalue weighted by Gasteiger charge is -2.30. The number of hydrogen-bond donors (Lipinski definition) is 1. The van der Waals surface area contributed by atoms with Gasteiger partial charge in [-0.15, -0.1) is 0 Å². The average molecular weight is 399 g/mol. The number of furan rings is 1. The fourth-order valence-corrected chi connectivity index (χ4v) is 3.21. The molecule has 0 fully saturated rings. The maximum absolute atomic E-state index is 12.8. The molecule has 1 atom stereocenters. The number of halogens is 1. The van der Waals surface area contributed by atoms with Gasteiger partial charge in [0.25, 0.3) is 5.91 Å². The molecule has 2 amide bonds. The van der Waals surface area contributed by atoms with E-state index in [0.29, 0.717) is 27.4 Å². The lowest BCUT2D eigenvalue weighted by molar-refractivity contribution is -0.128. The molecule has 0 aliphatic carbocycles. The topological polar surface area (TPSA) is 88.8 Å². The Morgan fingerprint density at radius 2 is 2.00 bits per heavy atom. The summed E-state index contributed by atoms with van der Waals surface area (Å²) in [6.45, 7) is 1.30. The lowest BCUT2D eigenvalue weighted by Crippen LogP contribution is -2.47. The lowest BCUT2D eigenvalue weighted by atomic mass is 10.1. The summed E-state index contributed by atoms with van der Waals surface area (Å²) in [4.78, 5) is 38.4. The highest BCUT2D eigenvalue weighted by molar-refractivity contribution is 6.31. The Balaban J connectivity index is 1.52. The van der Waals surface area contributed by atoms with Gasteiger partial charge in [-0.25, -0.2) is 4.79 Å². The third kappa shape index (κ3) is 3.32. The molecule has 0 unspecified atom stereocenters. The van der Waals surface area contributed by atoms with Crippen molar-refractivity contribution in [1.29, 1.82) is 0 Å². The molecule has 28 heavy (non-hydrogen) atoms. The Kier molecular flexibility index (Phi) is 4.52. The average Bonchev–Trinajstić information content (AvgIpc) is 3.10. The minimum Gasteiger partial charge on any atom is -0.449 e. The highest BCUT2D eigenvalue weighted by atomic mass is 35.5. The van der Waals surface area contributed by atoms with Gasteiger partial charge >= 0.3 is 5.97 Å². The van der Waals surface area contributed by atoms with Crippen LogP contribution in [0.4, 0.5) is 11.4 Å². The summed E-state index contributed by atoms with van der Waals surface area (Å²) < 4.78 is 10.7. The minimum atomic E-state index is -1.11. The van der Waals surface area contributed by atoms with Gasteiger partial charge in [-0.1, -0.05) is 23.7 Å². The number of para-hydroxylation sites is 2. The van der Waals surface area contributed by atoms with Crippen LogP contribution in [0.1, 0.15) is 17.5 Å². The number of nitrogens with zero attached hydrogens (tertiary/aromatic N) is 1. The van der Waals surface area contributed by atoms with Crippen LogP contribution >= 0.6 is 11.6 Å². The number of rotatable bonds is 3. The van der Waals surface area contributed by atoms with E-state index in [2.05, 4.69) is 5.32 Å². The highest BCUT2D eigenvalue weighted by Crippen LogP contribution is 2.30. The Morgan fingerprint density at radius 1 is 1.21 bits per heavy atom. The standard InChI is InChI=1S/C20H15ClN2O5/c1-11(19(25)23-10-18(24)22-14-4-2-3-5-15(14)23)27-20(26)17-9-12-8-13(21)6-7-16(12)28-17/h2-9,11H,10H2,1H3,(H,22,24)/t11-/m0/s1. The van der Waals surface area contributed by atoms with Crippen molar-refractivity contribution in [3.05, 3.63) is 59.3 Å². The Bertz CT molecular complexity index is 1110. The molecule has 7 nitrogen and oxygen atoms in total. The quantitative estimate of drug-likeness (QED) is 0.681. The van der Waals surface area contributed by atoms with Crippen LogP contribution < -0.4 is 10.2 Å². The number of nitrogens with one attached hydrogen (secondary N) is 1. The largest absolute Gasteiger partial charge is 0.449 e. The summed E-state index contributed by atoms with van der Waals surface area (Å²) in [6.07, 6.45) is -1.11.